The molecule has 0 radical (unpaired) electrons. The number of unbranched alkanes of at least 4 members (excludes halogenated alkanes) is 1. The molecule has 3 nitrogen and oxygen atoms in total. The van der Waals surface area contributed by atoms with Crippen molar-refractivity contribution in [3.05, 3.63) is 18.5 Å². The highest BCUT2D eigenvalue weighted by atomic mass is 15.4. The summed E-state index contributed by atoms with van der Waals surface area (Å²) in [6.45, 7) is 5.75. The molecule has 0 fully saturated rings. The standard InChI is InChI=1S/C8H13N3/c1-3-5-6-8-7-11(4-2)10-9-8/h4,7H,2-3,5-6H2,1H3. The van der Waals surface area contributed by atoms with E-state index in [-0.39, 0.29) is 0 Å². The van der Waals surface area contributed by atoms with Gasteiger partial charge in [-0.05, 0) is 12.8 Å². The molecule has 1 heterocycles. The van der Waals surface area contributed by atoms with Crippen LogP contribution >= 0.6 is 0 Å². The summed E-state index contributed by atoms with van der Waals surface area (Å²) in [4.78, 5) is 0. The highest BCUT2D eigenvalue weighted by Gasteiger charge is 1.96. The lowest BCUT2D eigenvalue weighted by Crippen LogP contribution is -1.83. The molecule has 0 saturated heterocycles. The number of aryl methyl sites for hydroxylation is 1. The minimum atomic E-state index is 1.02. The third-order valence-electron chi connectivity index (χ3n) is 1.53. The summed E-state index contributed by atoms with van der Waals surface area (Å²) in [7, 11) is 0. The van der Waals surface area contributed by atoms with Gasteiger partial charge in [-0.25, -0.2) is 4.68 Å². The molecule has 11 heavy (non-hydrogen) atoms. The topological polar surface area (TPSA) is 30.7 Å². The minimum Gasteiger partial charge on any atom is -0.228 e. The average Bonchev–Trinajstić information content (AvgIpc) is 2.48. The smallest absolute Gasteiger partial charge is 0.0831 e. The van der Waals surface area contributed by atoms with Crippen molar-refractivity contribution in [2.75, 3.05) is 0 Å². The van der Waals surface area contributed by atoms with Crippen molar-refractivity contribution >= 4 is 6.20 Å². The minimum absolute atomic E-state index is 1.02. The SMILES string of the molecule is C=Cn1cc(CCCC)nn1. The Labute approximate surface area is 66.7 Å². The molecule has 1 aromatic heterocycles. The van der Waals surface area contributed by atoms with Gasteiger partial charge in [-0.15, -0.1) is 5.10 Å². The van der Waals surface area contributed by atoms with E-state index in [2.05, 4.69) is 23.8 Å². The van der Waals surface area contributed by atoms with Gasteiger partial charge in [0.2, 0.25) is 0 Å². The van der Waals surface area contributed by atoms with Gasteiger partial charge in [0.15, 0.2) is 0 Å². The van der Waals surface area contributed by atoms with Crippen molar-refractivity contribution in [3.8, 4) is 0 Å². The molecule has 0 atom stereocenters. The Morgan fingerprint density at radius 2 is 2.55 bits per heavy atom. The van der Waals surface area contributed by atoms with Gasteiger partial charge in [-0.3, -0.25) is 0 Å². The lowest BCUT2D eigenvalue weighted by Gasteiger charge is -1.88. The highest BCUT2D eigenvalue weighted by molar-refractivity contribution is 5.13. The fourth-order valence-electron chi connectivity index (χ4n) is 0.875. The quantitative estimate of drug-likeness (QED) is 0.656. The number of hydrogen-bond donors (Lipinski definition) is 0. The first kappa shape index (κ1) is 7.98. The van der Waals surface area contributed by atoms with Gasteiger partial charge < -0.3 is 0 Å². The fourth-order valence-corrected chi connectivity index (χ4v) is 0.875. The van der Waals surface area contributed by atoms with E-state index >= 15 is 0 Å². The maximum atomic E-state index is 3.97. The van der Waals surface area contributed by atoms with Crippen LogP contribution in [0.1, 0.15) is 25.5 Å². The van der Waals surface area contributed by atoms with E-state index in [4.69, 9.17) is 0 Å². The zero-order valence-electron chi connectivity index (χ0n) is 6.82. The van der Waals surface area contributed by atoms with Crippen molar-refractivity contribution in [3.63, 3.8) is 0 Å². The first-order valence-corrected chi connectivity index (χ1v) is 3.90. The Morgan fingerprint density at radius 3 is 3.09 bits per heavy atom. The molecule has 0 aliphatic rings. The molecule has 0 N–H and O–H groups in total. The lowest BCUT2D eigenvalue weighted by atomic mass is 10.2. The molecule has 0 amide bonds. The molecule has 0 aliphatic carbocycles. The van der Waals surface area contributed by atoms with Gasteiger partial charge in [-0.1, -0.05) is 25.1 Å². The highest BCUT2D eigenvalue weighted by Crippen LogP contribution is 1.99. The van der Waals surface area contributed by atoms with Gasteiger partial charge in [0.05, 0.1) is 11.9 Å². The van der Waals surface area contributed by atoms with Gasteiger partial charge in [0.1, 0.15) is 0 Å². The van der Waals surface area contributed by atoms with E-state index in [0.717, 1.165) is 12.1 Å². The molecule has 0 unspecified atom stereocenters. The van der Waals surface area contributed by atoms with Crippen LogP contribution in [0.4, 0.5) is 0 Å². The molecule has 1 aromatic rings. The largest absolute Gasteiger partial charge is 0.228 e. The fraction of sp³-hybridized carbons (Fsp3) is 0.500. The maximum Gasteiger partial charge on any atom is 0.0831 e. The van der Waals surface area contributed by atoms with Crippen LogP contribution in [0.15, 0.2) is 12.8 Å². The molecular weight excluding hydrogens is 138 g/mol. The first-order chi connectivity index (χ1) is 5.36. The van der Waals surface area contributed by atoms with Crippen LogP contribution in [0.25, 0.3) is 6.20 Å². The molecule has 0 bridgehead atoms. The van der Waals surface area contributed by atoms with Crippen molar-refractivity contribution in [2.24, 2.45) is 0 Å². The van der Waals surface area contributed by atoms with E-state index < -0.39 is 0 Å². The Hall–Kier alpha value is -1.12. The van der Waals surface area contributed by atoms with Gasteiger partial charge in [0.25, 0.3) is 0 Å². The van der Waals surface area contributed by atoms with Crippen LogP contribution in [0.2, 0.25) is 0 Å². The summed E-state index contributed by atoms with van der Waals surface area (Å²) in [6, 6.07) is 0. The third-order valence-corrected chi connectivity index (χ3v) is 1.53. The predicted octanol–water partition coefficient (Wildman–Crippen LogP) is 1.72. The zero-order chi connectivity index (χ0) is 8.10. The second kappa shape index (κ2) is 3.91. The van der Waals surface area contributed by atoms with Crippen LogP contribution in [-0.2, 0) is 6.42 Å². The molecule has 60 valence electrons. The second-order valence-electron chi connectivity index (χ2n) is 2.48. The first-order valence-electron chi connectivity index (χ1n) is 3.90. The maximum absolute atomic E-state index is 3.97. The monoisotopic (exact) mass is 151 g/mol. The number of aromatic nitrogens is 3. The van der Waals surface area contributed by atoms with Gasteiger partial charge >= 0.3 is 0 Å². The molecular formula is C8H13N3. The van der Waals surface area contributed by atoms with Crippen LogP contribution in [0.3, 0.4) is 0 Å². The number of nitrogens with zero attached hydrogens (tertiary/aromatic N) is 3. The van der Waals surface area contributed by atoms with Crippen molar-refractivity contribution < 1.29 is 0 Å². The predicted molar refractivity (Wildman–Crippen MR) is 45.0 cm³/mol. The average molecular weight is 151 g/mol. The summed E-state index contributed by atoms with van der Waals surface area (Å²) in [6.07, 6.45) is 6.94. The van der Waals surface area contributed by atoms with Gasteiger partial charge in [-0.2, -0.15) is 0 Å². The number of hydrogen-bond acceptors (Lipinski definition) is 2. The van der Waals surface area contributed by atoms with E-state index in [1.807, 2.05) is 6.20 Å². The van der Waals surface area contributed by atoms with Crippen molar-refractivity contribution in [2.45, 2.75) is 26.2 Å². The van der Waals surface area contributed by atoms with Crippen LogP contribution in [0.5, 0.6) is 0 Å². The van der Waals surface area contributed by atoms with E-state index in [1.54, 1.807) is 10.9 Å². The molecule has 0 saturated carbocycles. The normalized spacial score (nSPS) is 9.91. The van der Waals surface area contributed by atoms with Gasteiger partial charge in [0, 0.05) is 6.20 Å². The summed E-state index contributed by atoms with van der Waals surface area (Å²) in [5, 5.41) is 7.80. The summed E-state index contributed by atoms with van der Waals surface area (Å²) in [5.41, 5.74) is 1.05. The van der Waals surface area contributed by atoms with Crippen molar-refractivity contribution in [1.29, 1.82) is 0 Å². The molecule has 3 heteroatoms. The zero-order valence-corrected chi connectivity index (χ0v) is 6.82. The Bertz CT molecular complexity index is 227. The summed E-state index contributed by atoms with van der Waals surface area (Å²) >= 11 is 0. The number of rotatable bonds is 4. The van der Waals surface area contributed by atoms with E-state index in [9.17, 15) is 0 Å². The second-order valence-corrected chi connectivity index (χ2v) is 2.48. The Kier molecular flexibility index (Phi) is 2.83. The van der Waals surface area contributed by atoms with Crippen LogP contribution < -0.4 is 0 Å². The van der Waals surface area contributed by atoms with Crippen LogP contribution in [-0.4, -0.2) is 15.0 Å². The van der Waals surface area contributed by atoms with E-state index in [1.165, 1.54) is 12.8 Å². The summed E-state index contributed by atoms with van der Waals surface area (Å²) in [5.74, 6) is 0. The molecule has 0 spiro atoms. The van der Waals surface area contributed by atoms with Crippen molar-refractivity contribution in [1.82, 2.24) is 15.0 Å². The summed E-state index contributed by atoms with van der Waals surface area (Å²) < 4.78 is 1.63. The molecule has 0 aromatic carbocycles. The van der Waals surface area contributed by atoms with E-state index in [0.29, 0.717) is 0 Å². The molecule has 1 rings (SSSR count). The Balaban J connectivity index is 2.51. The van der Waals surface area contributed by atoms with Crippen LogP contribution in [0, 0.1) is 0 Å². The lowest BCUT2D eigenvalue weighted by molar-refractivity contribution is 0.766. The Morgan fingerprint density at radius 1 is 1.73 bits per heavy atom. The third kappa shape index (κ3) is 2.18. The molecule has 0 aliphatic heterocycles.